The van der Waals surface area contributed by atoms with Crippen molar-refractivity contribution < 1.29 is 4.79 Å². The maximum Gasteiger partial charge on any atom is 0.317 e. The molecule has 0 bridgehead atoms. The third-order valence-electron chi connectivity index (χ3n) is 3.11. The van der Waals surface area contributed by atoms with Crippen LogP contribution in [0.3, 0.4) is 0 Å². The molecule has 0 heterocycles. The predicted molar refractivity (Wildman–Crippen MR) is 67.5 cm³/mol. The van der Waals surface area contributed by atoms with Crippen molar-refractivity contribution in [2.45, 2.75) is 58.9 Å². The summed E-state index contributed by atoms with van der Waals surface area (Å²) in [4.78, 5) is 14.1. The zero-order valence-electron chi connectivity index (χ0n) is 11.0. The van der Waals surface area contributed by atoms with Crippen LogP contribution in [0, 0.1) is 5.92 Å². The number of carbonyl (C=O) groups is 1. The molecule has 1 N–H and O–H groups in total. The van der Waals surface area contributed by atoms with Crippen LogP contribution in [-0.4, -0.2) is 30.1 Å². The maximum atomic E-state index is 12.0. The van der Waals surface area contributed by atoms with Gasteiger partial charge in [-0.1, -0.05) is 33.6 Å². The Kier molecular flexibility index (Phi) is 5.64. The molecule has 0 spiro atoms. The zero-order chi connectivity index (χ0) is 12.0. The summed E-state index contributed by atoms with van der Waals surface area (Å²) in [7, 11) is 0. The number of amides is 2. The summed E-state index contributed by atoms with van der Waals surface area (Å²) in [6.07, 6.45) is 5.94. The van der Waals surface area contributed by atoms with E-state index < -0.39 is 0 Å². The van der Waals surface area contributed by atoms with Crippen molar-refractivity contribution in [1.29, 1.82) is 0 Å². The molecular formula is C13H26N2O. The Morgan fingerprint density at radius 2 is 2.00 bits per heavy atom. The lowest BCUT2D eigenvalue weighted by Gasteiger charge is -2.30. The van der Waals surface area contributed by atoms with E-state index in [1.807, 2.05) is 0 Å². The number of nitrogens with zero attached hydrogens (tertiary/aromatic N) is 1. The van der Waals surface area contributed by atoms with E-state index in [4.69, 9.17) is 0 Å². The van der Waals surface area contributed by atoms with E-state index >= 15 is 0 Å². The van der Waals surface area contributed by atoms with Crippen molar-refractivity contribution in [3.63, 3.8) is 0 Å². The molecule has 0 unspecified atom stereocenters. The van der Waals surface area contributed by atoms with E-state index in [0.29, 0.717) is 12.0 Å². The number of rotatable bonds is 5. The average Bonchev–Trinajstić information content (AvgIpc) is 2.75. The van der Waals surface area contributed by atoms with E-state index in [9.17, 15) is 4.79 Å². The van der Waals surface area contributed by atoms with Gasteiger partial charge in [-0.05, 0) is 25.2 Å². The second-order valence-corrected chi connectivity index (χ2v) is 5.22. The van der Waals surface area contributed by atoms with Crippen LogP contribution in [0.25, 0.3) is 0 Å². The van der Waals surface area contributed by atoms with Crippen LogP contribution in [0.15, 0.2) is 0 Å². The molecule has 2 amide bonds. The first-order chi connectivity index (χ1) is 7.65. The molecule has 3 heteroatoms. The summed E-state index contributed by atoms with van der Waals surface area (Å²) in [6, 6.07) is 0.627. The summed E-state index contributed by atoms with van der Waals surface area (Å²) >= 11 is 0. The molecule has 0 aliphatic heterocycles. The summed E-state index contributed by atoms with van der Waals surface area (Å²) in [5.41, 5.74) is 0. The van der Waals surface area contributed by atoms with E-state index in [1.165, 1.54) is 25.7 Å². The molecule has 94 valence electrons. The van der Waals surface area contributed by atoms with Gasteiger partial charge in [0.1, 0.15) is 0 Å². The Morgan fingerprint density at radius 3 is 2.50 bits per heavy atom. The molecule has 0 atom stereocenters. The van der Waals surface area contributed by atoms with Crippen molar-refractivity contribution in [2.24, 2.45) is 5.92 Å². The SMILES string of the molecule is CCCNC(=O)N(CC(C)C)C1CCCC1. The second-order valence-electron chi connectivity index (χ2n) is 5.22. The van der Waals surface area contributed by atoms with Gasteiger partial charge in [0.2, 0.25) is 0 Å². The molecule has 1 rings (SSSR count). The van der Waals surface area contributed by atoms with E-state index in [1.54, 1.807) is 0 Å². The molecule has 0 saturated heterocycles. The molecule has 16 heavy (non-hydrogen) atoms. The lowest BCUT2D eigenvalue weighted by Crippen LogP contribution is -2.47. The number of hydrogen-bond donors (Lipinski definition) is 1. The van der Waals surface area contributed by atoms with Crippen molar-refractivity contribution in [3.05, 3.63) is 0 Å². The van der Waals surface area contributed by atoms with Gasteiger partial charge in [-0.25, -0.2) is 4.79 Å². The van der Waals surface area contributed by atoms with Gasteiger partial charge in [0.15, 0.2) is 0 Å². The van der Waals surface area contributed by atoms with Crippen molar-refractivity contribution in [1.82, 2.24) is 10.2 Å². The van der Waals surface area contributed by atoms with Crippen LogP contribution < -0.4 is 5.32 Å². The van der Waals surface area contributed by atoms with Gasteiger partial charge in [0, 0.05) is 19.1 Å². The summed E-state index contributed by atoms with van der Waals surface area (Å²) in [6.45, 7) is 8.12. The largest absolute Gasteiger partial charge is 0.338 e. The van der Waals surface area contributed by atoms with Crippen molar-refractivity contribution in [3.8, 4) is 0 Å². The molecule has 3 nitrogen and oxygen atoms in total. The topological polar surface area (TPSA) is 32.3 Å². The monoisotopic (exact) mass is 226 g/mol. The van der Waals surface area contributed by atoms with Gasteiger partial charge in [0.05, 0.1) is 0 Å². The van der Waals surface area contributed by atoms with Gasteiger partial charge in [-0.2, -0.15) is 0 Å². The number of urea groups is 1. The Hall–Kier alpha value is -0.730. The van der Waals surface area contributed by atoms with Crippen LogP contribution in [0.5, 0.6) is 0 Å². The number of carbonyl (C=O) groups excluding carboxylic acids is 1. The van der Waals surface area contributed by atoms with Crippen LogP contribution in [0.2, 0.25) is 0 Å². The third-order valence-corrected chi connectivity index (χ3v) is 3.11. The first-order valence-corrected chi connectivity index (χ1v) is 6.69. The molecule has 1 aliphatic rings. The average molecular weight is 226 g/mol. The Morgan fingerprint density at radius 1 is 1.38 bits per heavy atom. The maximum absolute atomic E-state index is 12.0. The normalized spacial score (nSPS) is 16.8. The summed E-state index contributed by atoms with van der Waals surface area (Å²) < 4.78 is 0. The van der Waals surface area contributed by atoms with Gasteiger partial charge in [-0.15, -0.1) is 0 Å². The minimum Gasteiger partial charge on any atom is -0.338 e. The molecule has 0 aromatic rings. The molecule has 1 fully saturated rings. The highest BCUT2D eigenvalue weighted by Gasteiger charge is 2.26. The Balaban J connectivity index is 2.51. The van der Waals surface area contributed by atoms with Gasteiger partial charge in [-0.3, -0.25) is 0 Å². The van der Waals surface area contributed by atoms with E-state index in [2.05, 4.69) is 31.0 Å². The minimum atomic E-state index is 0.141. The van der Waals surface area contributed by atoms with Crippen LogP contribution in [0.1, 0.15) is 52.9 Å². The van der Waals surface area contributed by atoms with Crippen LogP contribution in [0.4, 0.5) is 4.79 Å². The summed E-state index contributed by atoms with van der Waals surface area (Å²) in [5.74, 6) is 0.549. The fourth-order valence-electron chi connectivity index (χ4n) is 2.34. The molecule has 1 aliphatic carbocycles. The highest BCUT2D eigenvalue weighted by atomic mass is 16.2. The van der Waals surface area contributed by atoms with Crippen molar-refractivity contribution in [2.75, 3.05) is 13.1 Å². The van der Waals surface area contributed by atoms with Crippen molar-refractivity contribution >= 4 is 6.03 Å². The lowest BCUT2D eigenvalue weighted by molar-refractivity contribution is 0.166. The lowest BCUT2D eigenvalue weighted by atomic mass is 10.1. The standard InChI is InChI=1S/C13H26N2O/c1-4-9-14-13(16)15(10-11(2)3)12-7-5-6-8-12/h11-12H,4-10H2,1-3H3,(H,14,16). The van der Waals surface area contributed by atoms with Crippen LogP contribution in [-0.2, 0) is 0 Å². The van der Waals surface area contributed by atoms with E-state index in [-0.39, 0.29) is 6.03 Å². The fourth-order valence-corrected chi connectivity index (χ4v) is 2.34. The molecular weight excluding hydrogens is 200 g/mol. The van der Waals surface area contributed by atoms with Gasteiger partial charge in [0.25, 0.3) is 0 Å². The molecule has 0 aromatic carbocycles. The number of nitrogens with one attached hydrogen (secondary N) is 1. The highest BCUT2D eigenvalue weighted by molar-refractivity contribution is 5.74. The van der Waals surface area contributed by atoms with Crippen LogP contribution >= 0.6 is 0 Å². The quantitative estimate of drug-likeness (QED) is 0.768. The smallest absolute Gasteiger partial charge is 0.317 e. The summed E-state index contributed by atoms with van der Waals surface area (Å²) in [5, 5.41) is 3.00. The Bertz CT molecular complexity index is 210. The zero-order valence-corrected chi connectivity index (χ0v) is 11.0. The third kappa shape index (κ3) is 4.03. The van der Waals surface area contributed by atoms with E-state index in [0.717, 1.165) is 19.5 Å². The minimum absolute atomic E-state index is 0.141. The number of hydrogen-bond acceptors (Lipinski definition) is 1. The second kappa shape index (κ2) is 6.77. The Labute approximate surface area is 99.6 Å². The highest BCUT2D eigenvalue weighted by Crippen LogP contribution is 2.24. The molecule has 0 radical (unpaired) electrons. The van der Waals surface area contributed by atoms with Gasteiger partial charge < -0.3 is 10.2 Å². The first kappa shape index (κ1) is 13.3. The first-order valence-electron chi connectivity index (χ1n) is 6.69. The molecule has 1 saturated carbocycles. The molecule has 0 aromatic heterocycles. The predicted octanol–water partition coefficient (Wildman–Crippen LogP) is 3.01. The fraction of sp³-hybridized carbons (Fsp3) is 0.923. The van der Waals surface area contributed by atoms with Gasteiger partial charge >= 0.3 is 6.03 Å².